The van der Waals surface area contributed by atoms with E-state index in [9.17, 15) is 4.79 Å². The maximum atomic E-state index is 12.1. The Morgan fingerprint density at radius 1 is 0.920 bits per heavy atom. The topological polar surface area (TPSA) is 63.2 Å². The van der Waals surface area contributed by atoms with Gasteiger partial charge in [0.1, 0.15) is 12.2 Å². The predicted octanol–water partition coefficient (Wildman–Crippen LogP) is 3.34. The molecule has 2 aliphatic rings. The Balaban J connectivity index is 2.22. The maximum Gasteiger partial charge on any atom is 0.330 e. The minimum atomic E-state index is -0.593. The van der Waals surface area contributed by atoms with Gasteiger partial charge in [-0.3, -0.25) is 0 Å². The van der Waals surface area contributed by atoms with Crippen LogP contribution in [0.2, 0.25) is 0 Å². The lowest BCUT2D eigenvalue weighted by molar-refractivity contribution is -0.176. The lowest BCUT2D eigenvalue weighted by atomic mass is 10.0. The van der Waals surface area contributed by atoms with Crippen molar-refractivity contribution < 1.29 is 28.5 Å². The van der Waals surface area contributed by atoms with E-state index in [4.69, 9.17) is 23.7 Å². The molecule has 0 aromatic carbocycles. The molecule has 0 aromatic rings. The summed E-state index contributed by atoms with van der Waals surface area (Å²) in [5.41, 5.74) is 0.742. The molecule has 0 aromatic heterocycles. The van der Waals surface area contributed by atoms with Gasteiger partial charge >= 0.3 is 5.97 Å². The van der Waals surface area contributed by atoms with Crippen LogP contribution in [0, 0.1) is 0 Å². The Hall–Kier alpha value is -0.950. The van der Waals surface area contributed by atoms with Crippen LogP contribution < -0.4 is 0 Å². The van der Waals surface area contributed by atoms with Gasteiger partial charge in [-0.1, -0.05) is 27.7 Å². The fraction of sp³-hybridized carbons (Fsp3) is 0.842. The lowest BCUT2D eigenvalue weighted by Crippen LogP contribution is -2.34. The summed E-state index contributed by atoms with van der Waals surface area (Å²) in [7, 11) is 0. The lowest BCUT2D eigenvalue weighted by Gasteiger charge is -2.28. The van der Waals surface area contributed by atoms with Crippen molar-refractivity contribution in [2.75, 3.05) is 19.8 Å². The molecule has 0 bridgehead atoms. The highest BCUT2D eigenvalue weighted by Crippen LogP contribution is 2.38. The third kappa shape index (κ3) is 4.42. The van der Waals surface area contributed by atoms with Crippen LogP contribution in [0.15, 0.2) is 11.6 Å². The third-order valence-corrected chi connectivity index (χ3v) is 5.18. The van der Waals surface area contributed by atoms with Gasteiger partial charge < -0.3 is 23.7 Å². The molecular formula is C19H32O6. The highest BCUT2D eigenvalue weighted by Gasteiger charge is 2.46. The highest BCUT2D eigenvalue weighted by atomic mass is 16.8. The summed E-state index contributed by atoms with van der Waals surface area (Å²) in [5, 5.41) is 0. The summed E-state index contributed by atoms with van der Waals surface area (Å²) >= 11 is 0. The summed E-state index contributed by atoms with van der Waals surface area (Å²) in [4.78, 5) is 12.1. The van der Waals surface area contributed by atoms with E-state index in [2.05, 4.69) is 0 Å². The molecule has 25 heavy (non-hydrogen) atoms. The zero-order valence-electron chi connectivity index (χ0n) is 16.1. The summed E-state index contributed by atoms with van der Waals surface area (Å²) in [6, 6.07) is 0. The Kier molecular flexibility index (Phi) is 7.02. The van der Waals surface area contributed by atoms with Crippen LogP contribution >= 0.6 is 0 Å². The first-order valence-corrected chi connectivity index (χ1v) is 9.48. The number of carbonyl (C=O) groups is 1. The minimum Gasteiger partial charge on any atom is -0.463 e. The monoisotopic (exact) mass is 356 g/mol. The van der Waals surface area contributed by atoms with Crippen molar-refractivity contribution in [3.63, 3.8) is 0 Å². The van der Waals surface area contributed by atoms with E-state index in [1.165, 1.54) is 6.08 Å². The molecule has 2 saturated heterocycles. The SMILES string of the molecule is CCOC(=O)C=C([C@@H]1COC(CC)(CC)O1)[C@@H]1COC(CC)(CC)O1. The second-order valence-electron chi connectivity index (χ2n) is 6.47. The molecule has 2 aliphatic heterocycles. The van der Waals surface area contributed by atoms with Crippen LogP contribution in [0.25, 0.3) is 0 Å². The van der Waals surface area contributed by atoms with Crippen molar-refractivity contribution in [3.8, 4) is 0 Å². The van der Waals surface area contributed by atoms with Gasteiger partial charge in [-0.25, -0.2) is 4.79 Å². The van der Waals surface area contributed by atoms with Crippen molar-refractivity contribution in [2.45, 2.75) is 84.1 Å². The third-order valence-electron chi connectivity index (χ3n) is 5.18. The number of carbonyl (C=O) groups excluding carboxylic acids is 1. The van der Waals surface area contributed by atoms with Crippen LogP contribution in [0.3, 0.4) is 0 Å². The van der Waals surface area contributed by atoms with Crippen molar-refractivity contribution in [3.05, 3.63) is 11.6 Å². The van der Waals surface area contributed by atoms with Gasteiger partial charge in [0.15, 0.2) is 11.6 Å². The zero-order chi connectivity index (χ0) is 18.5. The molecule has 6 nitrogen and oxygen atoms in total. The first-order valence-electron chi connectivity index (χ1n) is 9.48. The van der Waals surface area contributed by atoms with Gasteiger partial charge in [0.05, 0.1) is 19.8 Å². The zero-order valence-corrected chi connectivity index (χ0v) is 16.1. The van der Waals surface area contributed by atoms with Crippen molar-refractivity contribution in [1.29, 1.82) is 0 Å². The first kappa shape index (κ1) is 20.4. The Labute approximate surface area is 150 Å². The molecule has 0 saturated carbocycles. The molecule has 0 amide bonds. The molecule has 2 rings (SSSR count). The molecule has 2 atom stereocenters. The molecule has 2 fully saturated rings. The number of rotatable bonds is 8. The maximum absolute atomic E-state index is 12.1. The van der Waals surface area contributed by atoms with Gasteiger partial charge in [0.25, 0.3) is 0 Å². The number of ether oxygens (including phenoxy) is 5. The van der Waals surface area contributed by atoms with E-state index in [1.807, 2.05) is 27.7 Å². The highest BCUT2D eigenvalue weighted by molar-refractivity contribution is 5.83. The summed E-state index contributed by atoms with van der Waals surface area (Å²) < 4.78 is 29.4. The second-order valence-corrected chi connectivity index (χ2v) is 6.47. The largest absolute Gasteiger partial charge is 0.463 e. The Bertz CT molecular complexity index is 446. The molecule has 0 spiro atoms. The van der Waals surface area contributed by atoms with Crippen molar-refractivity contribution in [2.24, 2.45) is 0 Å². The molecular weight excluding hydrogens is 324 g/mol. The molecule has 0 aliphatic carbocycles. The number of esters is 1. The number of hydrogen-bond donors (Lipinski definition) is 0. The molecule has 0 radical (unpaired) electrons. The predicted molar refractivity (Wildman–Crippen MR) is 93.0 cm³/mol. The summed E-state index contributed by atoms with van der Waals surface area (Å²) in [5.74, 6) is -1.57. The Morgan fingerprint density at radius 3 is 1.68 bits per heavy atom. The van der Waals surface area contributed by atoms with Gasteiger partial charge in [-0.15, -0.1) is 0 Å². The van der Waals surface area contributed by atoms with Gasteiger partial charge in [-0.2, -0.15) is 0 Å². The molecule has 0 N–H and O–H groups in total. The van der Waals surface area contributed by atoms with Crippen LogP contribution in [-0.2, 0) is 28.5 Å². The van der Waals surface area contributed by atoms with E-state index in [-0.39, 0.29) is 18.2 Å². The van der Waals surface area contributed by atoms with Crippen LogP contribution in [0.4, 0.5) is 0 Å². The molecule has 2 heterocycles. The molecule has 6 heteroatoms. The van der Waals surface area contributed by atoms with Gasteiger partial charge in [0.2, 0.25) is 0 Å². The Morgan fingerprint density at radius 2 is 1.36 bits per heavy atom. The summed E-state index contributed by atoms with van der Waals surface area (Å²) in [6.45, 7) is 11.1. The van der Waals surface area contributed by atoms with Crippen LogP contribution in [-0.4, -0.2) is 49.6 Å². The minimum absolute atomic E-state index is 0.328. The normalized spacial score (nSPS) is 27.2. The average Bonchev–Trinajstić information content (AvgIpc) is 3.25. The molecule has 144 valence electrons. The fourth-order valence-corrected chi connectivity index (χ4v) is 3.39. The second kappa shape index (κ2) is 8.62. The van der Waals surface area contributed by atoms with E-state index in [1.54, 1.807) is 6.92 Å². The van der Waals surface area contributed by atoms with Gasteiger partial charge in [0, 0.05) is 6.08 Å². The average molecular weight is 356 g/mol. The molecule has 0 unspecified atom stereocenters. The first-order chi connectivity index (χ1) is 12.0. The van der Waals surface area contributed by atoms with Crippen LogP contribution in [0.5, 0.6) is 0 Å². The van der Waals surface area contributed by atoms with E-state index >= 15 is 0 Å². The van der Waals surface area contributed by atoms with Crippen molar-refractivity contribution in [1.82, 2.24) is 0 Å². The van der Waals surface area contributed by atoms with E-state index in [0.29, 0.717) is 19.8 Å². The van der Waals surface area contributed by atoms with E-state index in [0.717, 1.165) is 31.3 Å². The summed E-state index contributed by atoms with van der Waals surface area (Å²) in [6.07, 6.45) is 3.84. The van der Waals surface area contributed by atoms with Crippen molar-refractivity contribution >= 4 is 5.97 Å². The quantitative estimate of drug-likeness (QED) is 0.491. The number of hydrogen-bond acceptors (Lipinski definition) is 6. The standard InChI is InChI=1S/C19H32O6/c1-6-18(7-2)22-12-15(24-18)14(11-17(20)21-10-5)16-13-23-19(8-3,9-4)25-16/h11,15-16H,6-10,12-13H2,1-5H3/t15-,16-/m0/s1. The fourth-order valence-electron chi connectivity index (χ4n) is 3.39. The smallest absolute Gasteiger partial charge is 0.330 e. The van der Waals surface area contributed by atoms with Crippen LogP contribution in [0.1, 0.15) is 60.3 Å². The van der Waals surface area contributed by atoms with E-state index < -0.39 is 11.6 Å². The van der Waals surface area contributed by atoms with Gasteiger partial charge in [-0.05, 0) is 38.2 Å².